The van der Waals surface area contributed by atoms with E-state index in [1.165, 1.54) is 17.4 Å². The Labute approximate surface area is 144 Å². The molecular weight excluding hydrogens is 332 g/mol. The van der Waals surface area contributed by atoms with Gasteiger partial charge in [0, 0.05) is 16.0 Å². The predicted octanol–water partition coefficient (Wildman–Crippen LogP) is 4.02. The molecule has 2 amide bonds. The molecule has 0 aliphatic rings. The van der Waals surface area contributed by atoms with E-state index in [-0.39, 0.29) is 5.91 Å². The third kappa shape index (κ3) is 4.21. The minimum absolute atomic E-state index is 0.314. The first-order valence-electron chi connectivity index (χ1n) is 7.09. The van der Waals surface area contributed by atoms with Crippen molar-refractivity contribution in [1.29, 1.82) is 0 Å². The van der Waals surface area contributed by atoms with Gasteiger partial charge in [0.05, 0.1) is 5.56 Å². The molecule has 0 saturated carbocycles. The third-order valence-corrected chi connectivity index (χ3v) is 4.66. The minimum atomic E-state index is -0.525. The topological polar surface area (TPSA) is 72.2 Å². The summed E-state index contributed by atoms with van der Waals surface area (Å²) in [6.45, 7) is 3.86. The van der Waals surface area contributed by atoms with Crippen LogP contribution in [0.3, 0.4) is 0 Å². The standard InChI is InChI=1S/C17H17ClN2O2S/c1-3-13-10(2)23-17(15(13)16(19)22)20-14(21)9-6-11-4-7-12(18)8-5-11/h4-9H,3H2,1-2H3,(H2,19,22)(H,20,21)/b9-6+. The van der Waals surface area contributed by atoms with Crippen LogP contribution in [0.4, 0.5) is 5.00 Å². The molecule has 120 valence electrons. The Kier molecular flexibility index (Phi) is 5.58. The van der Waals surface area contributed by atoms with Crippen molar-refractivity contribution in [3.63, 3.8) is 0 Å². The number of hydrogen-bond donors (Lipinski definition) is 2. The first kappa shape index (κ1) is 17.2. The Morgan fingerprint density at radius 2 is 1.96 bits per heavy atom. The number of nitrogens with two attached hydrogens (primary N) is 1. The number of benzene rings is 1. The Balaban J connectivity index is 2.17. The Hall–Kier alpha value is -2.11. The summed E-state index contributed by atoms with van der Waals surface area (Å²) in [5, 5.41) is 3.87. The number of anilines is 1. The van der Waals surface area contributed by atoms with Crippen LogP contribution in [0.15, 0.2) is 30.3 Å². The molecule has 0 saturated heterocycles. The molecule has 0 aliphatic heterocycles. The van der Waals surface area contributed by atoms with Crippen molar-refractivity contribution in [2.75, 3.05) is 5.32 Å². The number of primary amides is 1. The van der Waals surface area contributed by atoms with Crippen LogP contribution in [0.1, 0.15) is 33.3 Å². The highest BCUT2D eigenvalue weighted by molar-refractivity contribution is 7.16. The SMILES string of the molecule is CCc1c(C)sc(NC(=O)/C=C/c2ccc(Cl)cc2)c1C(N)=O. The molecule has 1 aromatic heterocycles. The highest BCUT2D eigenvalue weighted by Crippen LogP contribution is 2.33. The number of amides is 2. The summed E-state index contributed by atoms with van der Waals surface area (Å²) in [5.74, 6) is -0.838. The van der Waals surface area contributed by atoms with Crippen molar-refractivity contribution < 1.29 is 9.59 Å². The molecule has 0 radical (unpaired) electrons. The van der Waals surface area contributed by atoms with E-state index in [9.17, 15) is 9.59 Å². The van der Waals surface area contributed by atoms with Crippen LogP contribution in [0.25, 0.3) is 6.08 Å². The van der Waals surface area contributed by atoms with Gasteiger partial charge in [0.1, 0.15) is 5.00 Å². The lowest BCUT2D eigenvalue weighted by molar-refractivity contribution is -0.111. The molecule has 0 atom stereocenters. The molecule has 1 aromatic carbocycles. The van der Waals surface area contributed by atoms with E-state index in [2.05, 4.69) is 5.32 Å². The average molecular weight is 349 g/mol. The van der Waals surface area contributed by atoms with Gasteiger partial charge in [0.25, 0.3) is 5.91 Å². The van der Waals surface area contributed by atoms with Crippen molar-refractivity contribution in [3.8, 4) is 0 Å². The van der Waals surface area contributed by atoms with Gasteiger partial charge >= 0.3 is 0 Å². The number of rotatable bonds is 5. The highest BCUT2D eigenvalue weighted by Gasteiger charge is 2.19. The molecule has 4 nitrogen and oxygen atoms in total. The fourth-order valence-corrected chi connectivity index (χ4v) is 3.53. The Morgan fingerprint density at radius 3 is 2.52 bits per heavy atom. The maximum atomic E-state index is 12.1. The van der Waals surface area contributed by atoms with E-state index in [1.807, 2.05) is 26.0 Å². The van der Waals surface area contributed by atoms with Crippen molar-refractivity contribution in [3.05, 3.63) is 56.9 Å². The molecule has 23 heavy (non-hydrogen) atoms. The lowest BCUT2D eigenvalue weighted by Gasteiger charge is -2.03. The van der Waals surface area contributed by atoms with Gasteiger partial charge in [-0.25, -0.2) is 0 Å². The van der Waals surface area contributed by atoms with E-state index >= 15 is 0 Å². The zero-order chi connectivity index (χ0) is 17.0. The minimum Gasteiger partial charge on any atom is -0.365 e. The van der Waals surface area contributed by atoms with Gasteiger partial charge in [-0.1, -0.05) is 30.7 Å². The lowest BCUT2D eigenvalue weighted by atomic mass is 10.1. The maximum absolute atomic E-state index is 12.1. The summed E-state index contributed by atoms with van der Waals surface area (Å²) in [6, 6.07) is 7.12. The number of aryl methyl sites for hydroxylation is 1. The zero-order valence-electron chi connectivity index (χ0n) is 12.9. The van der Waals surface area contributed by atoms with E-state index in [0.717, 1.165) is 16.0 Å². The second kappa shape index (κ2) is 7.44. The molecule has 2 aromatic rings. The molecule has 0 unspecified atom stereocenters. The van der Waals surface area contributed by atoms with E-state index in [1.54, 1.807) is 18.2 Å². The number of nitrogens with one attached hydrogen (secondary N) is 1. The monoisotopic (exact) mass is 348 g/mol. The Morgan fingerprint density at radius 1 is 1.30 bits per heavy atom. The van der Waals surface area contributed by atoms with Crippen LogP contribution in [0.5, 0.6) is 0 Å². The highest BCUT2D eigenvalue weighted by atomic mass is 35.5. The maximum Gasteiger partial charge on any atom is 0.251 e. The van der Waals surface area contributed by atoms with Gasteiger partial charge in [0.2, 0.25) is 5.91 Å². The predicted molar refractivity (Wildman–Crippen MR) is 96.1 cm³/mol. The summed E-state index contributed by atoms with van der Waals surface area (Å²) >= 11 is 7.18. The summed E-state index contributed by atoms with van der Waals surface area (Å²) in [7, 11) is 0. The number of thiophene rings is 1. The van der Waals surface area contributed by atoms with Gasteiger partial charge in [-0.2, -0.15) is 0 Å². The number of carbonyl (C=O) groups is 2. The van der Waals surface area contributed by atoms with Crippen LogP contribution >= 0.6 is 22.9 Å². The Bertz CT molecular complexity index is 764. The quantitative estimate of drug-likeness (QED) is 0.801. The smallest absolute Gasteiger partial charge is 0.251 e. The van der Waals surface area contributed by atoms with Crippen LogP contribution in [-0.2, 0) is 11.2 Å². The van der Waals surface area contributed by atoms with Gasteiger partial charge in [-0.15, -0.1) is 11.3 Å². The molecule has 0 aliphatic carbocycles. The van der Waals surface area contributed by atoms with Gasteiger partial charge in [-0.3, -0.25) is 9.59 Å². The van der Waals surface area contributed by atoms with Crippen LogP contribution in [0.2, 0.25) is 5.02 Å². The molecule has 0 bridgehead atoms. The van der Waals surface area contributed by atoms with Crippen LogP contribution < -0.4 is 11.1 Å². The van der Waals surface area contributed by atoms with Crippen molar-refractivity contribution in [2.24, 2.45) is 5.73 Å². The largest absolute Gasteiger partial charge is 0.365 e. The summed E-state index contributed by atoms with van der Waals surface area (Å²) < 4.78 is 0. The molecule has 3 N–H and O–H groups in total. The molecular formula is C17H17ClN2O2S. The molecule has 1 heterocycles. The summed E-state index contributed by atoms with van der Waals surface area (Å²) in [6.07, 6.45) is 3.78. The van der Waals surface area contributed by atoms with E-state index in [4.69, 9.17) is 17.3 Å². The van der Waals surface area contributed by atoms with E-state index in [0.29, 0.717) is 22.0 Å². The van der Waals surface area contributed by atoms with E-state index < -0.39 is 5.91 Å². The first-order valence-corrected chi connectivity index (χ1v) is 8.28. The average Bonchev–Trinajstić information content (AvgIpc) is 2.82. The van der Waals surface area contributed by atoms with Crippen LogP contribution in [-0.4, -0.2) is 11.8 Å². The zero-order valence-corrected chi connectivity index (χ0v) is 14.4. The first-order chi connectivity index (χ1) is 10.9. The summed E-state index contributed by atoms with van der Waals surface area (Å²) in [4.78, 5) is 24.7. The number of halogens is 1. The number of hydrogen-bond acceptors (Lipinski definition) is 3. The molecule has 0 spiro atoms. The van der Waals surface area contributed by atoms with Crippen LogP contribution in [0, 0.1) is 6.92 Å². The molecule has 6 heteroatoms. The molecule has 0 fully saturated rings. The number of carbonyl (C=O) groups excluding carboxylic acids is 2. The van der Waals surface area contributed by atoms with Gasteiger partial charge in [0.15, 0.2) is 0 Å². The van der Waals surface area contributed by atoms with Crippen molar-refractivity contribution in [2.45, 2.75) is 20.3 Å². The third-order valence-electron chi connectivity index (χ3n) is 3.34. The van der Waals surface area contributed by atoms with Crippen molar-refractivity contribution in [1.82, 2.24) is 0 Å². The van der Waals surface area contributed by atoms with Gasteiger partial charge in [-0.05, 0) is 42.7 Å². The lowest BCUT2D eigenvalue weighted by Crippen LogP contribution is -2.16. The molecule has 2 rings (SSSR count). The van der Waals surface area contributed by atoms with Crippen molar-refractivity contribution >= 4 is 45.8 Å². The fourth-order valence-electron chi connectivity index (χ4n) is 2.25. The second-order valence-electron chi connectivity index (χ2n) is 4.93. The van der Waals surface area contributed by atoms with Gasteiger partial charge < -0.3 is 11.1 Å². The summed E-state index contributed by atoms with van der Waals surface area (Å²) in [5.41, 5.74) is 7.60. The normalized spacial score (nSPS) is 10.9. The second-order valence-corrected chi connectivity index (χ2v) is 6.59. The fraction of sp³-hybridized carbons (Fsp3) is 0.176.